The van der Waals surface area contributed by atoms with Crippen molar-refractivity contribution in [1.82, 2.24) is 10.2 Å². The number of benzene rings is 1. The normalized spacial score (nSPS) is 16.3. The Morgan fingerprint density at radius 2 is 1.83 bits per heavy atom. The second-order valence-electron chi connectivity index (χ2n) is 8.56. The molecule has 0 saturated carbocycles. The molecule has 1 aliphatic rings. The van der Waals surface area contributed by atoms with E-state index in [9.17, 15) is 9.59 Å². The highest BCUT2D eigenvalue weighted by molar-refractivity contribution is 5.91. The highest BCUT2D eigenvalue weighted by Gasteiger charge is 2.29. The summed E-state index contributed by atoms with van der Waals surface area (Å²) in [5, 5.41) is 3.11. The molecule has 0 spiro atoms. The first-order chi connectivity index (χ1) is 13.8. The van der Waals surface area contributed by atoms with E-state index in [2.05, 4.69) is 5.32 Å². The summed E-state index contributed by atoms with van der Waals surface area (Å²) < 4.78 is 10.7. The van der Waals surface area contributed by atoms with Gasteiger partial charge in [0, 0.05) is 13.1 Å². The summed E-state index contributed by atoms with van der Waals surface area (Å²) in [6, 6.07) is 13.3. The molecule has 156 valence electrons. The van der Waals surface area contributed by atoms with Crippen LogP contribution in [0.3, 0.4) is 0 Å². The van der Waals surface area contributed by atoms with E-state index in [0.29, 0.717) is 24.8 Å². The molecule has 29 heavy (non-hydrogen) atoms. The van der Waals surface area contributed by atoms with Crippen molar-refractivity contribution in [3.63, 3.8) is 0 Å². The Morgan fingerprint density at radius 3 is 2.41 bits per heavy atom. The van der Waals surface area contributed by atoms with Gasteiger partial charge in [0.15, 0.2) is 5.76 Å². The van der Waals surface area contributed by atoms with E-state index in [-0.39, 0.29) is 18.0 Å². The third-order valence-electron chi connectivity index (χ3n) is 5.09. The number of nitrogens with one attached hydrogen (secondary N) is 1. The van der Waals surface area contributed by atoms with Gasteiger partial charge >= 0.3 is 6.09 Å². The number of likely N-dealkylation sites (tertiary alicyclic amines) is 1. The van der Waals surface area contributed by atoms with E-state index >= 15 is 0 Å². The standard InChI is InChI=1S/C23H30N2O4/c1-23(2,3)29-22(27)25-13-11-17(12-14-25)16-19(18-8-5-4-6-9-18)24-21(26)20-10-7-15-28-20/h4-10,15,17,19H,11-14,16H2,1-3H3,(H,24,26). The number of hydrogen-bond donors (Lipinski definition) is 1. The molecule has 1 saturated heterocycles. The molecule has 0 aliphatic carbocycles. The molecule has 1 N–H and O–H groups in total. The molecule has 6 heteroatoms. The minimum atomic E-state index is -0.484. The number of carbonyl (C=O) groups excluding carboxylic acids is 2. The number of carbonyl (C=O) groups is 2. The number of piperidine rings is 1. The molecule has 6 nitrogen and oxygen atoms in total. The second-order valence-corrected chi connectivity index (χ2v) is 8.56. The number of hydrogen-bond acceptors (Lipinski definition) is 4. The zero-order chi connectivity index (χ0) is 20.9. The van der Waals surface area contributed by atoms with Crippen molar-refractivity contribution < 1.29 is 18.7 Å². The Balaban J connectivity index is 1.60. The molecule has 3 rings (SSSR count). The molecule has 2 heterocycles. The molecular formula is C23H30N2O4. The van der Waals surface area contributed by atoms with Crippen LogP contribution in [0.25, 0.3) is 0 Å². The Kier molecular flexibility index (Phi) is 6.62. The summed E-state index contributed by atoms with van der Waals surface area (Å²) in [5.41, 5.74) is 0.588. The van der Waals surface area contributed by atoms with Crippen LogP contribution in [0.4, 0.5) is 4.79 Å². The average Bonchev–Trinajstić information content (AvgIpc) is 3.22. The third-order valence-corrected chi connectivity index (χ3v) is 5.09. The molecule has 1 aromatic carbocycles. The van der Waals surface area contributed by atoms with Crippen molar-refractivity contribution in [3.05, 3.63) is 60.1 Å². The molecule has 1 aromatic heterocycles. The van der Waals surface area contributed by atoms with Gasteiger partial charge in [0.25, 0.3) is 5.91 Å². The maximum absolute atomic E-state index is 12.5. The van der Waals surface area contributed by atoms with E-state index in [0.717, 1.165) is 24.8 Å². The van der Waals surface area contributed by atoms with Crippen molar-refractivity contribution in [3.8, 4) is 0 Å². The minimum absolute atomic E-state index is 0.105. The Hall–Kier alpha value is -2.76. The first-order valence-electron chi connectivity index (χ1n) is 10.2. The number of ether oxygens (including phenoxy) is 1. The molecule has 1 unspecified atom stereocenters. The molecule has 1 aliphatic heterocycles. The lowest BCUT2D eigenvalue weighted by Gasteiger charge is -2.34. The van der Waals surface area contributed by atoms with Crippen LogP contribution in [-0.2, 0) is 4.74 Å². The lowest BCUT2D eigenvalue weighted by atomic mass is 9.87. The molecule has 2 aromatic rings. The average molecular weight is 399 g/mol. The van der Waals surface area contributed by atoms with Crippen molar-refractivity contribution in [2.75, 3.05) is 13.1 Å². The fourth-order valence-electron chi connectivity index (χ4n) is 3.61. The van der Waals surface area contributed by atoms with E-state index in [1.807, 2.05) is 51.1 Å². The zero-order valence-electron chi connectivity index (χ0n) is 17.4. The fourth-order valence-corrected chi connectivity index (χ4v) is 3.61. The van der Waals surface area contributed by atoms with Crippen LogP contribution >= 0.6 is 0 Å². The number of amides is 2. The van der Waals surface area contributed by atoms with Gasteiger partial charge in [0.05, 0.1) is 12.3 Å². The van der Waals surface area contributed by atoms with Crippen LogP contribution in [0.15, 0.2) is 53.1 Å². The van der Waals surface area contributed by atoms with E-state index in [4.69, 9.17) is 9.15 Å². The molecule has 0 bridgehead atoms. The van der Waals surface area contributed by atoms with Crippen LogP contribution in [0, 0.1) is 5.92 Å². The predicted octanol–water partition coefficient (Wildman–Crippen LogP) is 4.79. The van der Waals surface area contributed by atoms with Crippen LogP contribution < -0.4 is 5.32 Å². The monoisotopic (exact) mass is 398 g/mol. The minimum Gasteiger partial charge on any atom is -0.459 e. The summed E-state index contributed by atoms with van der Waals surface area (Å²) in [6.45, 7) is 6.98. The van der Waals surface area contributed by atoms with E-state index in [1.165, 1.54) is 6.26 Å². The Labute approximate surface area is 172 Å². The van der Waals surface area contributed by atoms with Gasteiger partial charge in [-0.25, -0.2) is 4.79 Å². The highest BCUT2D eigenvalue weighted by atomic mass is 16.6. The predicted molar refractivity (Wildman–Crippen MR) is 111 cm³/mol. The quantitative estimate of drug-likeness (QED) is 0.786. The molecular weight excluding hydrogens is 368 g/mol. The fraction of sp³-hybridized carbons (Fsp3) is 0.478. The van der Waals surface area contributed by atoms with Crippen molar-refractivity contribution in [1.29, 1.82) is 0 Å². The number of furan rings is 1. The SMILES string of the molecule is CC(C)(C)OC(=O)N1CCC(CC(NC(=O)c2ccco2)c2ccccc2)CC1. The molecule has 1 atom stereocenters. The summed E-state index contributed by atoms with van der Waals surface area (Å²) in [7, 11) is 0. The van der Waals surface area contributed by atoms with Gasteiger partial charge in [-0.05, 0) is 63.6 Å². The van der Waals surface area contributed by atoms with E-state index in [1.54, 1.807) is 17.0 Å². The lowest BCUT2D eigenvalue weighted by molar-refractivity contribution is 0.0178. The van der Waals surface area contributed by atoms with Crippen LogP contribution in [0.2, 0.25) is 0 Å². The summed E-state index contributed by atoms with van der Waals surface area (Å²) in [4.78, 5) is 26.6. The maximum atomic E-state index is 12.5. The Morgan fingerprint density at radius 1 is 1.14 bits per heavy atom. The van der Waals surface area contributed by atoms with E-state index < -0.39 is 5.60 Å². The Bertz CT molecular complexity index is 788. The summed E-state index contributed by atoms with van der Waals surface area (Å²) in [6.07, 6.45) is 3.84. The first-order valence-corrected chi connectivity index (χ1v) is 10.2. The second kappa shape index (κ2) is 9.16. The van der Waals surface area contributed by atoms with Crippen LogP contribution in [0.5, 0.6) is 0 Å². The number of rotatable bonds is 5. The van der Waals surface area contributed by atoms with Gasteiger partial charge in [0.2, 0.25) is 0 Å². The maximum Gasteiger partial charge on any atom is 0.410 e. The topological polar surface area (TPSA) is 71.8 Å². The largest absolute Gasteiger partial charge is 0.459 e. The van der Waals surface area contributed by atoms with Crippen LogP contribution in [-0.4, -0.2) is 35.6 Å². The van der Waals surface area contributed by atoms with Gasteiger partial charge in [-0.3, -0.25) is 4.79 Å². The first kappa shape index (κ1) is 21.0. The van der Waals surface area contributed by atoms with Crippen molar-refractivity contribution in [2.45, 2.75) is 51.7 Å². The highest BCUT2D eigenvalue weighted by Crippen LogP contribution is 2.29. The molecule has 1 fully saturated rings. The smallest absolute Gasteiger partial charge is 0.410 e. The third kappa shape index (κ3) is 6.11. The summed E-state index contributed by atoms with van der Waals surface area (Å²) >= 11 is 0. The summed E-state index contributed by atoms with van der Waals surface area (Å²) in [5.74, 6) is 0.511. The van der Waals surface area contributed by atoms with Gasteiger partial charge in [-0.2, -0.15) is 0 Å². The van der Waals surface area contributed by atoms with Gasteiger partial charge in [-0.1, -0.05) is 30.3 Å². The van der Waals surface area contributed by atoms with Gasteiger partial charge < -0.3 is 19.4 Å². The van der Waals surface area contributed by atoms with Crippen molar-refractivity contribution in [2.24, 2.45) is 5.92 Å². The molecule has 0 radical (unpaired) electrons. The zero-order valence-corrected chi connectivity index (χ0v) is 17.4. The molecule has 2 amide bonds. The number of nitrogens with zero attached hydrogens (tertiary/aromatic N) is 1. The van der Waals surface area contributed by atoms with Gasteiger partial charge in [0.1, 0.15) is 5.60 Å². The van der Waals surface area contributed by atoms with Gasteiger partial charge in [-0.15, -0.1) is 0 Å². The van der Waals surface area contributed by atoms with Crippen molar-refractivity contribution >= 4 is 12.0 Å². The van der Waals surface area contributed by atoms with Crippen LogP contribution in [0.1, 0.15) is 62.2 Å². The lowest BCUT2D eigenvalue weighted by Crippen LogP contribution is -2.42.